The number of rotatable bonds is 6. The van der Waals surface area contributed by atoms with E-state index in [2.05, 4.69) is 24.1 Å². The van der Waals surface area contributed by atoms with Crippen molar-refractivity contribution in [1.29, 1.82) is 0 Å². The Labute approximate surface area is 139 Å². The lowest BCUT2D eigenvalue weighted by Gasteiger charge is -2.35. The first-order chi connectivity index (χ1) is 11.0. The van der Waals surface area contributed by atoms with Gasteiger partial charge in [0.25, 0.3) is 0 Å². The number of nitrogens with one attached hydrogen (secondary N) is 1. The van der Waals surface area contributed by atoms with Crippen LogP contribution in [0, 0.1) is 6.92 Å². The summed E-state index contributed by atoms with van der Waals surface area (Å²) in [5.41, 5.74) is 8.02. The molecule has 1 aliphatic rings. The van der Waals surface area contributed by atoms with Crippen molar-refractivity contribution in [2.45, 2.75) is 45.4 Å². The molecule has 3 N–H and O–H groups in total. The summed E-state index contributed by atoms with van der Waals surface area (Å²) in [6.07, 6.45) is 1.48. The molecule has 1 saturated heterocycles. The summed E-state index contributed by atoms with van der Waals surface area (Å²) in [6, 6.07) is 7.18. The van der Waals surface area contributed by atoms with Crippen molar-refractivity contribution in [2.24, 2.45) is 5.73 Å². The fraction of sp³-hybridized carbons (Fsp3) is 0.611. The molecule has 0 radical (unpaired) electrons. The number of benzene rings is 1. The molecule has 128 valence electrons. The minimum atomic E-state index is -0.598. The zero-order chi connectivity index (χ0) is 16.8. The number of morpholine rings is 1. The minimum absolute atomic E-state index is 0.113. The molecule has 0 saturated carbocycles. The van der Waals surface area contributed by atoms with E-state index in [-0.39, 0.29) is 18.1 Å². The molecule has 0 aromatic heterocycles. The molecular weight excluding hydrogens is 290 g/mol. The highest BCUT2D eigenvalue weighted by atomic mass is 16.5. The van der Waals surface area contributed by atoms with E-state index in [0.717, 1.165) is 37.2 Å². The molecule has 23 heavy (non-hydrogen) atoms. The molecule has 1 aromatic rings. The van der Waals surface area contributed by atoms with Crippen molar-refractivity contribution >= 4 is 5.91 Å². The quantitative estimate of drug-likeness (QED) is 0.782. The van der Waals surface area contributed by atoms with Gasteiger partial charge in [0.05, 0.1) is 12.2 Å². The van der Waals surface area contributed by atoms with E-state index in [1.807, 2.05) is 31.2 Å². The Morgan fingerprint density at radius 1 is 1.30 bits per heavy atom. The molecule has 0 aliphatic carbocycles. The maximum Gasteiger partial charge on any atom is 0.241 e. The minimum Gasteiger partial charge on any atom is -0.373 e. The van der Waals surface area contributed by atoms with Gasteiger partial charge in [0.1, 0.15) is 6.04 Å². The summed E-state index contributed by atoms with van der Waals surface area (Å²) in [6.45, 7) is 9.76. The van der Waals surface area contributed by atoms with Crippen molar-refractivity contribution in [1.82, 2.24) is 10.2 Å². The summed E-state index contributed by atoms with van der Waals surface area (Å²) < 4.78 is 5.72. The van der Waals surface area contributed by atoms with Gasteiger partial charge in [-0.3, -0.25) is 9.69 Å². The lowest BCUT2D eigenvalue weighted by molar-refractivity contribution is -0.122. The number of nitrogens with zero attached hydrogens (tertiary/aromatic N) is 1. The summed E-state index contributed by atoms with van der Waals surface area (Å²) in [5, 5.41) is 2.94. The first kappa shape index (κ1) is 17.9. The highest BCUT2D eigenvalue weighted by Crippen LogP contribution is 2.12. The van der Waals surface area contributed by atoms with Crippen molar-refractivity contribution in [3.63, 3.8) is 0 Å². The second-order valence-electron chi connectivity index (χ2n) is 6.55. The lowest BCUT2D eigenvalue weighted by atomic mass is 10.1. The summed E-state index contributed by atoms with van der Waals surface area (Å²) in [4.78, 5) is 14.5. The molecule has 1 heterocycles. The number of carbonyl (C=O) groups excluding carboxylic acids is 1. The van der Waals surface area contributed by atoms with Crippen LogP contribution in [0.25, 0.3) is 0 Å². The number of hydrogen-bond acceptors (Lipinski definition) is 4. The van der Waals surface area contributed by atoms with Crippen LogP contribution in [-0.2, 0) is 9.53 Å². The van der Waals surface area contributed by atoms with Crippen LogP contribution in [0.15, 0.2) is 24.3 Å². The van der Waals surface area contributed by atoms with E-state index >= 15 is 0 Å². The van der Waals surface area contributed by atoms with Gasteiger partial charge in [0, 0.05) is 26.2 Å². The smallest absolute Gasteiger partial charge is 0.241 e. The van der Waals surface area contributed by atoms with E-state index < -0.39 is 6.04 Å². The number of aryl methyl sites for hydroxylation is 1. The zero-order valence-corrected chi connectivity index (χ0v) is 14.4. The van der Waals surface area contributed by atoms with Crippen LogP contribution < -0.4 is 11.1 Å². The molecule has 1 fully saturated rings. The molecule has 1 aromatic carbocycles. The summed E-state index contributed by atoms with van der Waals surface area (Å²) in [7, 11) is 0. The number of ether oxygens (including phenoxy) is 1. The molecule has 1 amide bonds. The standard InChI is InChI=1S/C18H29N3O2/c1-13-5-7-16(8-6-13)17(19)18(22)20-9-4-10-21-11-14(2)23-15(3)12-21/h5-8,14-15,17H,4,9-12,19H2,1-3H3,(H,20,22). The monoisotopic (exact) mass is 319 g/mol. The lowest BCUT2D eigenvalue weighted by Crippen LogP contribution is -2.46. The van der Waals surface area contributed by atoms with Gasteiger partial charge < -0.3 is 15.8 Å². The summed E-state index contributed by atoms with van der Waals surface area (Å²) in [5.74, 6) is -0.113. The van der Waals surface area contributed by atoms with E-state index in [4.69, 9.17) is 10.5 Å². The Morgan fingerprint density at radius 2 is 1.91 bits per heavy atom. The van der Waals surface area contributed by atoms with Gasteiger partial charge in [-0.2, -0.15) is 0 Å². The fourth-order valence-electron chi connectivity index (χ4n) is 3.02. The highest BCUT2D eigenvalue weighted by molar-refractivity contribution is 5.82. The molecular formula is C18H29N3O2. The van der Waals surface area contributed by atoms with Crippen LogP contribution in [0.4, 0.5) is 0 Å². The van der Waals surface area contributed by atoms with Gasteiger partial charge in [-0.05, 0) is 32.8 Å². The van der Waals surface area contributed by atoms with Crippen molar-refractivity contribution < 1.29 is 9.53 Å². The predicted molar refractivity (Wildman–Crippen MR) is 92.2 cm³/mol. The molecule has 3 unspecified atom stereocenters. The molecule has 3 atom stereocenters. The third-order valence-corrected chi connectivity index (χ3v) is 4.16. The largest absolute Gasteiger partial charge is 0.373 e. The maximum absolute atomic E-state index is 12.1. The van der Waals surface area contributed by atoms with Crippen LogP contribution in [0.5, 0.6) is 0 Å². The average molecular weight is 319 g/mol. The van der Waals surface area contributed by atoms with E-state index in [0.29, 0.717) is 6.54 Å². The Kier molecular flexibility index (Phi) is 6.57. The van der Waals surface area contributed by atoms with Gasteiger partial charge in [-0.1, -0.05) is 29.8 Å². The summed E-state index contributed by atoms with van der Waals surface area (Å²) >= 11 is 0. The van der Waals surface area contributed by atoms with Crippen LogP contribution in [-0.4, -0.2) is 49.2 Å². The number of carbonyl (C=O) groups is 1. The first-order valence-corrected chi connectivity index (χ1v) is 8.43. The Hall–Kier alpha value is -1.43. The Bertz CT molecular complexity index is 493. The highest BCUT2D eigenvalue weighted by Gasteiger charge is 2.21. The maximum atomic E-state index is 12.1. The predicted octanol–water partition coefficient (Wildman–Crippen LogP) is 1.61. The number of amides is 1. The second-order valence-corrected chi connectivity index (χ2v) is 6.55. The van der Waals surface area contributed by atoms with Gasteiger partial charge in [0.15, 0.2) is 0 Å². The molecule has 2 rings (SSSR count). The zero-order valence-electron chi connectivity index (χ0n) is 14.4. The van der Waals surface area contributed by atoms with Crippen molar-refractivity contribution in [2.75, 3.05) is 26.2 Å². The molecule has 5 nitrogen and oxygen atoms in total. The van der Waals surface area contributed by atoms with Crippen molar-refractivity contribution in [3.8, 4) is 0 Å². The average Bonchev–Trinajstić information content (AvgIpc) is 2.50. The normalized spacial score (nSPS) is 23.5. The van der Waals surface area contributed by atoms with Crippen LogP contribution >= 0.6 is 0 Å². The number of hydrogen-bond donors (Lipinski definition) is 2. The molecule has 1 aliphatic heterocycles. The van der Waals surface area contributed by atoms with Gasteiger partial charge >= 0.3 is 0 Å². The first-order valence-electron chi connectivity index (χ1n) is 8.43. The van der Waals surface area contributed by atoms with E-state index in [1.54, 1.807) is 0 Å². The Balaban J connectivity index is 1.69. The molecule has 5 heteroatoms. The van der Waals surface area contributed by atoms with E-state index in [1.165, 1.54) is 0 Å². The second kappa shape index (κ2) is 8.43. The van der Waals surface area contributed by atoms with Gasteiger partial charge in [-0.25, -0.2) is 0 Å². The SMILES string of the molecule is Cc1ccc(C(N)C(=O)NCCCN2CC(C)OC(C)C2)cc1. The molecule has 0 bridgehead atoms. The van der Waals surface area contributed by atoms with Crippen molar-refractivity contribution in [3.05, 3.63) is 35.4 Å². The third-order valence-electron chi connectivity index (χ3n) is 4.16. The van der Waals surface area contributed by atoms with Crippen LogP contribution in [0.3, 0.4) is 0 Å². The van der Waals surface area contributed by atoms with Crippen LogP contribution in [0.1, 0.15) is 37.4 Å². The van der Waals surface area contributed by atoms with E-state index in [9.17, 15) is 4.79 Å². The Morgan fingerprint density at radius 3 is 2.52 bits per heavy atom. The van der Waals surface area contributed by atoms with Gasteiger partial charge in [0.2, 0.25) is 5.91 Å². The topological polar surface area (TPSA) is 67.6 Å². The van der Waals surface area contributed by atoms with Gasteiger partial charge in [-0.15, -0.1) is 0 Å². The van der Waals surface area contributed by atoms with Crippen LogP contribution in [0.2, 0.25) is 0 Å². The third kappa shape index (κ3) is 5.61. The fourth-order valence-corrected chi connectivity index (χ4v) is 3.02. The molecule has 0 spiro atoms. The number of nitrogens with two attached hydrogens (primary N) is 1.